The molecule has 0 saturated carbocycles. The molecule has 6 heteroatoms. The SMILES string of the molecule is CC1c2c(C(=O)O)cccc2S(=O)(=O)N1C(C)(C)C. The first-order valence-electron chi connectivity index (χ1n) is 5.99. The zero-order chi connectivity index (χ0) is 14.6. The van der Waals surface area contributed by atoms with Crippen molar-refractivity contribution in [2.24, 2.45) is 0 Å². The van der Waals surface area contributed by atoms with Crippen LogP contribution >= 0.6 is 0 Å². The minimum atomic E-state index is -3.64. The van der Waals surface area contributed by atoms with Gasteiger partial charge < -0.3 is 5.11 Å². The van der Waals surface area contributed by atoms with Crippen molar-refractivity contribution < 1.29 is 18.3 Å². The molecular formula is C13H17NO4S. The van der Waals surface area contributed by atoms with Crippen LogP contribution in [0.1, 0.15) is 49.7 Å². The lowest BCUT2D eigenvalue weighted by atomic mass is 9.98. The quantitative estimate of drug-likeness (QED) is 0.857. The van der Waals surface area contributed by atoms with Crippen molar-refractivity contribution in [2.45, 2.75) is 44.2 Å². The molecule has 1 heterocycles. The van der Waals surface area contributed by atoms with Crippen molar-refractivity contribution in [1.82, 2.24) is 4.31 Å². The normalized spacial score (nSPS) is 22.2. The van der Waals surface area contributed by atoms with E-state index in [0.29, 0.717) is 5.56 Å². The predicted molar refractivity (Wildman–Crippen MR) is 70.6 cm³/mol. The zero-order valence-corrected chi connectivity index (χ0v) is 12.2. The van der Waals surface area contributed by atoms with Gasteiger partial charge in [-0.1, -0.05) is 6.07 Å². The molecule has 0 bridgehead atoms. The number of hydrogen-bond acceptors (Lipinski definition) is 3. The molecule has 0 radical (unpaired) electrons. The van der Waals surface area contributed by atoms with Crippen LogP contribution in [0.5, 0.6) is 0 Å². The Balaban J connectivity index is 2.78. The third-order valence-corrected chi connectivity index (χ3v) is 5.56. The van der Waals surface area contributed by atoms with Crippen molar-refractivity contribution >= 4 is 16.0 Å². The van der Waals surface area contributed by atoms with E-state index in [1.165, 1.54) is 22.5 Å². The number of carboxylic acid groups (broad SMARTS) is 1. The Bertz CT molecular complexity index is 643. The summed E-state index contributed by atoms with van der Waals surface area (Å²) in [6, 6.07) is 3.91. The van der Waals surface area contributed by atoms with E-state index in [4.69, 9.17) is 0 Å². The maximum Gasteiger partial charge on any atom is 0.336 e. The van der Waals surface area contributed by atoms with Gasteiger partial charge in [-0.2, -0.15) is 4.31 Å². The van der Waals surface area contributed by atoms with Gasteiger partial charge in [-0.05, 0) is 39.8 Å². The maximum absolute atomic E-state index is 12.5. The highest BCUT2D eigenvalue weighted by Crippen LogP contribution is 2.44. The number of fused-ring (bicyclic) bond motifs is 1. The molecule has 0 amide bonds. The molecule has 0 saturated heterocycles. The Morgan fingerprint density at radius 2 is 1.89 bits per heavy atom. The first-order chi connectivity index (χ1) is 8.58. The summed E-state index contributed by atoms with van der Waals surface area (Å²) in [7, 11) is -3.64. The highest BCUT2D eigenvalue weighted by Gasteiger charge is 2.47. The average Bonchev–Trinajstić information content (AvgIpc) is 2.45. The first kappa shape index (κ1) is 14.0. The number of hydrogen-bond donors (Lipinski definition) is 1. The molecule has 1 unspecified atom stereocenters. The number of carbonyl (C=O) groups is 1. The average molecular weight is 283 g/mol. The number of sulfonamides is 1. The van der Waals surface area contributed by atoms with Gasteiger partial charge in [0, 0.05) is 11.1 Å². The van der Waals surface area contributed by atoms with Crippen LogP contribution in [-0.4, -0.2) is 29.3 Å². The summed E-state index contributed by atoms with van der Waals surface area (Å²) in [4.78, 5) is 11.4. The molecule has 1 aromatic rings. The molecule has 2 rings (SSSR count). The van der Waals surface area contributed by atoms with E-state index >= 15 is 0 Å². The van der Waals surface area contributed by atoms with Gasteiger partial charge in [0.2, 0.25) is 10.0 Å². The van der Waals surface area contributed by atoms with Crippen molar-refractivity contribution in [3.63, 3.8) is 0 Å². The van der Waals surface area contributed by atoms with E-state index in [1.54, 1.807) is 27.7 Å². The lowest BCUT2D eigenvalue weighted by molar-refractivity contribution is 0.0692. The van der Waals surface area contributed by atoms with Crippen molar-refractivity contribution in [3.8, 4) is 0 Å². The van der Waals surface area contributed by atoms with E-state index < -0.39 is 27.6 Å². The number of aromatic carboxylic acids is 1. The standard InChI is InChI=1S/C13H17NO4S/c1-8-11-9(12(15)16)6-5-7-10(11)19(17,18)14(8)13(2,3)4/h5-8H,1-4H3,(H,15,16). The second kappa shape index (κ2) is 4.05. The zero-order valence-electron chi connectivity index (χ0n) is 11.3. The summed E-state index contributed by atoms with van der Waals surface area (Å²) < 4.78 is 26.5. The van der Waals surface area contributed by atoms with Crippen molar-refractivity contribution in [2.75, 3.05) is 0 Å². The fraction of sp³-hybridized carbons (Fsp3) is 0.462. The number of carboxylic acids is 1. The van der Waals surface area contributed by atoms with E-state index in [9.17, 15) is 18.3 Å². The van der Waals surface area contributed by atoms with Gasteiger partial charge in [-0.3, -0.25) is 0 Å². The lowest BCUT2D eigenvalue weighted by Crippen LogP contribution is -2.43. The van der Waals surface area contributed by atoms with Gasteiger partial charge in [0.1, 0.15) is 0 Å². The summed E-state index contributed by atoms with van der Waals surface area (Å²) in [6.45, 7) is 7.12. The summed E-state index contributed by atoms with van der Waals surface area (Å²) >= 11 is 0. The Kier molecular flexibility index (Phi) is 2.98. The van der Waals surface area contributed by atoms with Gasteiger partial charge in [-0.15, -0.1) is 0 Å². The summed E-state index contributed by atoms with van der Waals surface area (Å²) in [6.07, 6.45) is 0. The third-order valence-electron chi connectivity index (χ3n) is 3.26. The van der Waals surface area contributed by atoms with Gasteiger partial charge in [0.05, 0.1) is 16.5 Å². The monoisotopic (exact) mass is 283 g/mol. The molecule has 1 aromatic carbocycles. The van der Waals surface area contributed by atoms with E-state index in [2.05, 4.69) is 0 Å². The summed E-state index contributed by atoms with van der Waals surface area (Å²) in [5.41, 5.74) is -0.169. The largest absolute Gasteiger partial charge is 0.478 e. The van der Waals surface area contributed by atoms with Crippen LogP contribution in [0.3, 0.4) is 0 Å². The van der Waals surface area contributed by atoms with Crippen LogP contribution in [0.15, 0.2) is 23.1 Å². The minimum absolute atomic E-state index is 0.0559. The molecule has 0 fully saturated rings. The maximum atomic E-state index is 12.5. The molecule has 0 aliphatic carbocycles. The smallest absolute Gasteiger partial charge is 0.336 e. The molecule has 1 N–H and O–H groups in total. The van der Waals surface area contributed by atoms with Gasteiger partial charge in [0.15, 0.2) is 0 Å². The molecule has 5 nitrogen and oxygen atoms in total. The Hall–Kier alpha value is -1.40. The van der Waals surface area contributed by atoms with Crippen LogP contribution in [0, 0.1) is 0 Å². The van der Waals surface area contributed by atoms with Crippen LogP contribution in [0.25, 0.3) is 0 Å². The van der Waals surface area contributed by atoms with Crippen molar-refractivity contribution in [3.05, 3.63) is 29.3 Å². The summed E-state index contributed by atoms with van der Waals surface area (Å²) in [5.74, 6) is -1.10. The first-order valence-corrected chi connectivity index (χ1v) is 7.43. The Morgan fingerprint density at radius 3 is 2.37 bits per heavy atom. The van der Waals surface area contributed by atoms with Crippen LogP contribution in [0.4, 0.5) is 0 Å². The second-order valence-corrected chi connectivity index (χ2v) is 7.45. The highest BCUT2D eigenvalue weighted by molar-refractivity contribution is 7.89. The Labute approximate surface area is 112 Å². The number of benzene rings is 1. The number of rotatable bonds is 1. The van der Waals surface area contributed by atoms with Crippen LogP contribution in [0.2, 0.25) is 0 Å². The topological polar surface area (TPSA) is 74.7 Å². The molecule has 1 aliphatic heterocycles. The third kappa shape index (κ3) is 1.95. The van der Waals surface area contributed by atoms with E-state index in [0.717, 1.165) is 0 Å². The van der Waals surface area contributed by atoms with Crippen LogP contribution in [-0.2, 0) is 10.0 Å². The van der Waals surface area contributed by atoms with Gasteiger partial charge in [-0.25, -0.2) is 13.2 Å². The molecule has 1 atom stereocenters. The number of nitrogens with zero attached hydrogens (tertiary/aromatic N) is 1. The predicted octanol–water partition coefficient (Wildman–Crippen LogP) is 2.25. The highest BCUT2D eigenvalue weighted by atomic mass is 32.2. The second-order valence-electron chi connectivity index (χ2n) is 5.67. The molecule has 0 aromatic heterocycles. The molecule has 19 heavy (non-hydrogen) atoms. The molecule has 104 valence electrons. The van der Waals surface area contributed by atoms with Crippen molar-refractivity contribution in [1.29, 1.82) is 0 Å². The summed E-state index contributed by atoms with van der Waals surface area (Å²) in [5, 5.41) is 9.21. The van der Waals surface area contributed by atoms with E-state index in [1.807, 2.05) is 0 Å². The van der Waals surface area contributed by atoms with E-state index in [-0.39, 0.29) is 10.5 Å². The Morgan fingerprint density at radius 1 is 1.32 bits per heavy atom. The fourth-order valence-electron chi connectivity index (χ4n) is 2.76. The molecule has 1 aliphatic rings. The fourth-order valence-corrected chi connectivity index (χ4v) is 5.02. The van der Waals surface area contributed by atoms with Gasteiger partial charge >= 0.3 is 5.97 Å². The minimum Gasteiger partial charge on any atom is -0.478 e. The van der Waals surface area contributed by atoms with Crippen LogP contribution < -0.4 is 0 Å². The van der Waals surface area contributed by atoms with Gasteiger partial charge in [0.25, 0.3) is 0 Å². The molecular weight excluding hydrogens is 266 g/mol. The molecule has 0 spiro atoms. The lowest BCUT2D eigenvalue weighted by Gasteiger charge is -2.33.